The molecule has 2 fully saturated rings. The van der Waals surface area contributed by atoms with Gasteiger partial charge in [-0.1, -0.05) is 39.0 Å². The lowest BCUT2D eigenvalue weighted by atomic mass is 10.0. The fourth-order valence-corrected chi connectivity index (χ4v) is 4.14. The minimum Gasteiger partial charge on any atom is -0.339 e. The molecule has 1 aliphatic carbocycles. The highest BCUT2D eigenvalue weighted by atomic mass is 16.2. The van der Waals surface area contributed by atoms with E-state index in [1.165, 1.54) is 42.5 Å². The second kappa shape index (κ2) is 9.85. The zero-order valence-electron chi connectivity index (χ0n) is 16.9. The van der Waals surface area contributed by atoms with Gasteiger partial charge in [0.05, 0.1) is 0 Å². The quantitative estimate of drug-likeness (QED) is 0.718. The smallest absolute Gasteiger partial charge is 0.274 e. The Balaban J connectivity index is 1.50. The van der Waals surface area contributed by atoms with Crippen molar-refractivity contribution in [2.24, 2.45) is 5.92 Å². The highest BCUT2D eigenvalue weighted by Crippen LogP contribution is 2.28. The predicted molar refractivity (Wildman–Crippen MR) is 107 cm³/mol. The van der Waals surface area contributed by atoms with Crippen LogP contribution in [0.5, 0.6) is 0 Å². The molecule has 2 amide bonds. The standard InChI is InChI=1S/C21H32N4O3/c1-2-3-12-25-20(27)11-9-18(22-25)21(28)24-15-13-23(14-16-24)19(26)10-8-17-6-4-5-7-17/h9,11,17H,2-8,10,12-16H2,1H3. The van der Waals surface area contributed by atoms with Gasteiger partial charge in [-0.25, -0.2) is 4.68 Å². The summed E-state index contributed by atoms with van der Waals surface area (Å²) in [5.41, 5.74) is 0.124. The van der Waals surface area contributed by atoms with E-state index in [9.17, 15) is 14.4 Å². The normalized spacial score (nSPS) is 17.9. The molecule has 1 aliphatic heterocycles. The molecule has 0 atom stereocenters. The molecule has 1 saturated heterocycles. The van der Waals surface area contributed by atoms with Crippen LogP contribution in [-0.4, -0.2) is 57.6 Å². The first-order valence-electron chi connectivity index (χ1n) is 10.7. The van der Waals surface area contributed by atoms with Crippen molar-refractivity contribution in [2.75, 3.05) is 26.2 Å². The van der Waals surface area contributed by atoms with Crippen LogP contribution in [0.1, 0.15) is 68.8 Å². The molecule has 0 spiro atoms. The molecule has 2 heterocycles. The molecular weight excluding hydrogens is 356 g/mol. The number of carbonyl (C=O) groups excluding carboxylic acids is 2. The second-order valence-corrected chi connectivity index (χ2v) is 8.00. The van der Waals surface area contributed by atoms with Crippen LogP contribution in [0.25, 0.3) is 0 Å². The Labute approximate surface area is 166 Å². The number of unbranched alkanes of at least 4 members (excludes halogenated alkanes) is 1. The van der Waals surface area contributed by atoms with E-state index in [1.807, 2.05) is 4.90 Å². The number of rotatable bonds is 7. The van der Waals surface area contributed by atoms with Crippen LogP contribution in [0.3, 0.4) is 0 Å². The fraction of sp³-hybridized carbons (Fsp3) is 0.714. The van der Waals surface area contributed by atoms with Crippen molar-refractivity contribution in [1.82, 2.24) is 19.6 Å². The number of aromatic nitrogens is 2. The van der Waals surface area contributed by atoms with Crippen molar-refractivity contribution >= 4 is 11.8 Å². The van der Waals surface area contributed by atoms with Gasteiger partial charge in [0.15, 0.2) is 0 Å². The molecule has 0 unspecified atom stereocenters. The van der Waals surface area contributed by atoms with Gasteiger partial charge in [0, 0.05) is 45.2 Å². The molecule has 0 N–H and O–H groups in total. The maximum Gasteiger partial charge on any atom is 0.274 e. The Bertz CT molecular complexity index is 731. The number of nitrogens with zero attached hydrogens (tertiary/aromatic N) is 4. The third-order valence-corrected chi connectivity index (χ3v) is 5.97. The van der Waals surface area contributed by atoms with Crippen LogP contribution < -0.4 is 5.56 Å². The zero-order chi connectivity index (χ0) is 19.9. The Hall–Kier alpha value is -2.18. The number of hydrogen-bond donors (Lipinski definition) is 0. The highest BCUT2D eigenvalue weighted by Gasteiger charge is 2.26. The van der Waals surface area contributed by atoms with Crippen LogP contribution in [0, 0.1) is 5.92 Å². The average molecular weight is 389 g/mol. The summed E-state index contributed by atoms with van der Waals surface area (Å²) in [6.07, 6.45) is 8.59. The first-order chi connectivity index (χ1) is 13.6. The number of hydrogen-bond acceptors (Lipinski definition) is 4. The van der Waals surface area contributed by atoms with E-state index in [2.05, 4.69) is 12.0 Å². The van der Waals surface area contributed by atoms with Crippen molar-refractivity contribution in [1.29, 1.82) is 0 Å². The first-order valence-corrected chi connectivity index (χ1v) is 10.7. The van der Waals surface area contributed by atoms with E-state index >= 15 is 0 Å². The molecule has 2 aliphatic rings. The maximum atomic E-state index is 12.8. The lowest BCUT2D eigenvalue weighted by Crippen LogP contribution is -2.51. The van der Waals surface area contributed by atoms with Gasteiger partial charge in [-0.3, -0.25) is 14.4 Å². The summed E-state index contributed by atoms with van der Waals surface area (Å²) in [4.78, 5) is 40.7. The minimum absolute atomic E-state index is 0.164. The fourth-order valence-electron chi connectivity index (χ4n) is 4.14. The first kappa shape index (κ1) is 20.6. The number of carbonyl (C=O) groups is 2. The predicted octanol–water partition coefficient (Wildman–Crippen LogP) is 2.30. The molecule has 154 valence electrons. The van der Waals surface area contributed by atoms with Gasteiger partial charge in [-0.15, -0.1) is 0 Å². The van der Waals surface area contributed by atoms with Gasteiger partial charge in [-0.05, 0) is 24.8 Å². The van der Waals surface area contributed by atoms with Gasteiger partial charge in [-0.2, -0.15) is 5.10 Å². The number of aryl methyl sites for hydroxylation is 1. The Morgan fingerprint density at radius 3 is 2.43 bits per heavy atom. The number of piperazine rings is 1. The van der Waals surface area contributed by atoms with Crippen LogP contribution in [0.15, 0.2) is 16.9 Å². The van der Waals surface area contributed by atoms with Crippen molar-refractivity contribution in [3.63, 3.8) is 0 Å². The van der Waals surface area contributed by atoms with Crippen LogP contribution in [0.2, 0.25) is 0 Å². The van der Waals surface area contributed by atoms with Gasteiger partial charge >= 0.3 is 0 Å². The molecule has 1 aromatic heterocycles. The summed E-state index contributed by atoms with van der Waals surface area (Å²) in [6, 6.07) is 2.92. The van der Waals surface area contributed by atoms with Crippen LogP contribution in [-0.2, 0) is 11.3 Å². The van der Waals surface area contributed by atoms with Gasteiger partial charge in [0.2, 0.25) is 5.91 Å². The van der Waals surface area contributed by atoms with E-state index in [4.69, 9.17) is 0 Å². The highest BCUT2D eigenvalue weighted by molar-refractivity contribution is 5.92. The van der Waals surface area contributed by atoms with Crippen LogP contribution >= 0.6 is 0 Å². The molecule has 7 heteroatoms. The van der Waals surface area contributed by atoms with Crippen molar-refractivity contribution < 1.29 is 9.59 Å². The lowest BCUT2D eigenvalue weighted by Gasteiger charge is -2.34. The Morgan fingerprint density at radius 2 is 1.75 bits per heavy atom. The second-order valence-electron chi connectivity index (χ2n) is 8.00. The van der Waals surface area contributed by atoms with Crippen molar-refractivity contribution in [2.45, 2.75) is 64.8 Å². The van der Waals surface area contributed by atoms with Crippen LogP contribution in [0.4, 0.5) is 0 Å². The van der Waals surface area contributed by atoms with E-state index in [0.29, 0.717) is 44.8 Å². The number of amides is 2. The van der Waals surface area contributed by atoms with Crippen molar-refractivity contribution in [3.8, 4) is 0 Å². The van der Waals surface area contributed by atoms with E-state index in [1.54, 1.807) is 4.90 Å². The lowest BCUT2D eigenvalue weighted by molar-refractivity contribution is -0.133. The van der Waals surface area contributed by atoms with E-state index in [-0.39, 0.29) is 17.4 Å². The third-order valence-electron chi connectivity index (χ3n) is 5.97. The summed E-state index contributed by atoms with van der Waals surface area (Å²) in [5, 5.41) is 4.25. The minimum atomic E-state index is -0.178. The zero-order valence-corrected chi connectivity index (χ0v) is 16.9. The average Bonchev–Trinajstić information content (AvgIpc) is 3.24. The Morgan fingerprint density at radius 1 is 1.07 bits per heavy atom. The topological polar surface area (TPSA) is 75.5 Å². The molecule has 0 aromatic carbocycles. The summed E-state index contributed by atoms with van der Waals surface area (Å²) >= 11 is 0. The molecule has 0 bridgehead atoms. The molecule has 0 radical (unpaired) electrons. The maximum absolute atomic E-state index is 12.8. The molecule has 7 nitrogen and oxygen atoms in total. The van der Waals surface area contributed by atoms with Gasteiger partial charge in [0.1, 0.15) is 5.69 Å². The molecule has 1 saturated carbocycles. The molecule has 3 rings (SSSR count). The van der Waals surface area contributed by atoms with E-state index < -0.39 is 0 Å². The van der Waals surface area contributed by atoms with Gasteiger partial charge < -0.3 is 9.80 Å². The largest absolute Gasteiger partial charge is 0.339 e. The SMILES string of the molecule is CCCCn1nc(C(=O)N2CCN(C(=O)CCC3CCCC3)CC2)ccc1=O. The molecular formula is C21H32N4O3. The third kappa shape index (κ3) is 5.20. The van der Waals surface area contributed by atoms with Gasteiger partial charge in [0.25, 0.3) is 11.5 Å². The molecule has 28 heavy (non-hydrogen) atoms. The van der Waals surface area contributed by atoms with E-state index in [0.717, 1.165) is 25.2 Å². The summed E-state index contributed by atoms with van der Waals surface area (Å²) in [7, 11) is 0. The summed E-state index contributed by atoms with van der Waals surface area (Å²) in [5.74, 6) is 0.773. The monoisotopic (exact) mass is 388 g/mol. The Kier molecular flexibility index (Phi) is 7.23. The van der Waals surface area contributed by atoms with Crippen molar-refractivity contribution in [3.05, 3.63) is 28.2 Å². The summed E-state index contributed by atoms with van der Waals surface area (Å²) in [6.45, 7) is 4.76. The summed E-state index contributed by atoms with van der Waals surface area (Å²) < 4.78 is 1.37. The molecule has 1 aromatic rings.